The second-order valence-corrected chi connectivity index (χ2v) is 11.5. The molecule has 2 aliphatic heterocycles. The Morgan fingerprint density at radius 3 is 2.68 bits per heavy atom. The van der Waals surface area contributed by atoms with Crippen molar-refractivity contribution in [2.75, 3.05) is 43.5 Å². The van der Waals surface area contributed by atoms with Gasteiger partial charge in [0, 0.05) is 42.7 Å². The number of aliphatic hydroxyl groups excluding tert-OH is 2. The van der Waals surface area contributed by atoms with Gasteiger partial charge < -0.3 is 28.5 Å². The van der Waals surface area contributed by atoms with Gasteiger partial charge in [0.15, 0.2) is 4.91 Å². The maximum Gasteiger partial charge on any atom is 0.250 e. The maximum atomic E-state index is 12.7. The van der Waals surface area contributed by atoms with Crippen molar-refractivity contribution in [1.82, 2.24) is 4.72 Å². The number of nitriles is 1. The predicted molar refractivity (Wildman–Crippen MR) is 145 cm³/mol. The Labute approximate surface area is 224 Å². The molecule has 38 heavy (non-hydrogen) atoms. The number of aliphatic hydroxyl groups is 2. The molecule has 2 aromatic carbocycles. The highest BCUT2D eigenvalue weighted by molar-refractivity contribution is 7.94. The molecular formula is C26H27N3O7S2. The van der Waals surface area contributed by atoms with Crippen LogP contribution in [0.25, 0.3) is 28.2 Å². The third kappa shape index (κ3) is 5.89. The SMILES string of the molecule is N#C/C(=C\c1ccc(-c2ccc3cc(N4CCOCC4)ccc3c2)o1)S(=O)(=O)NC[C@H]1OSC[C@@H](O)[C@@H]1O. The maximum absolute atomic E-state index is 12.7. The first-order chi connectivity index (χ1) is 18.3. The fraction of sp³-hybridized carbons (Fsp3) is 0.346. The van der Waals surface area contributed by atoms with E-state index in [1.807, 2.05) is 18.2 Å². The van der Waals surface area contributed by atoms with E-state index in [1.54, 1.807) is 18.2 Å². The van der Waals surface area contributed by atoms with E-state index in [0.29, 0.717) is 5.76 Å². The van der Waals surface area contributed by atoms with Crippen LogP contribution in [0.2, 0.25) is 0 Å². The molecule has 1 aromatic heterocycles. The molecule has 5 rings (SSSR count). The van der Waals surface area contributed by atoms with Gasteiger partial charge in [-0.3, -0.25) is 0 Å². The molecule has 3 N–H and O–H groups in total. The first-order valence-electron chi connectivity index (χ1n) is 12.1. The van der Waals surface area contributed by atoms with Crippen LogP contribution in [-0.4, -0.2) is 75.5 Å². The normalized spacial score (nSPS) is 22.9. The van der Waals surface area contributed by atoms with E-state index in [1.165, 1.54) is 0 Å². The third-order valence-corrected chi connectivity index (χ3v) is 8.66. The molecule has 12 heteroatoms. The molecule has 0 radical (unpaired) electrons. The number of sulfonamides is 1. The Kier molecular flexibility index (Phi) is 8.06. The summed E-state index contributed by atoms with van der Waals surface area (Å²) in [6.07, 6.45) is -2.08. The lowest BCUT2D eigenvalue weighted by atomic mass is 10.0. The molecule has 2 fully saturated rings. The minimum atomic E-state index is -4.21. The summed E-state index contributed by atoms with van der Waals surface area (Å²) in [7, 11) is -4.21. The van der Waals surface area contributed by atoms with E-state index < -0.39 is 33.2 Å². The summed E-state index contributed by atoms with van der Waals surface area (Å²) in [4.78, 5) is 1.75. The zero-order chi connectivity index (χ0) is 26.7. The number of hydrogen-bond donors (Lipinski definition) is 3. The molecule has 3 atom stereocenters. The summed E-state index contributed by atoms with van der Waals surface area (Å²) in [6.45, 7) is 2.86. The number of rotatable bonds is 7. The smallest absolute Gasteiger partial charge is 0.250 e. The summed E-state index contributed by atoms with van der Waals surface area (Å²) >= 11 is 0.944. The van der Waals surface area contributed by atoms with Gasteiger partial charge in [-0.1, -0.05) is 18.2 Å². The molecule has 10 nitrogen and oxygen atoms in total. The topological polar surface area (TPSA) is 145 Å². The van der Waals surface area contributed by atoms with Crippen LogP contribution in [0, 0.1) is 11.3 Å². The highest BCUT2D eigenvalue weighted by atomic mass is 32.2. The lowest BCUT2D eigenvalue weighted by Crippen LogP contribution is -2.48. The minimum absolute atomic E-state index is 0.182. The van der Waals surface area contributed by atoms with Gasteiger partial charge in [-0.25, -0.2) is 13.1 Å². The number of anilines is 1. The van der Waals surface area contributed by atoms with Gasteiger partial charge >= 0.3 is 0 Å². The predicted octanol–water partition coefficient (Wildman–Crippen LogP) is 2.49. The van der Waals surface area contributed by atoms with E-state index in [0.717, 1.165) is 66.4 Å². The fourth-order valence-corrected chi connectivity index (χ4v) is 6.02. The van der Waals surface area contributed by atoms with Crippen molar-refractivity contribution in [3.63, 3.8) is 0 Å². The zero-order valence-electron chi connectivity index (χ0n) is 20.3. The number of ether oxygens (including phenoxy) is 1. The Hall–Kier alpha value is -2.89. The number of morpholine rings is 1. The molecule has 0 bridgehead atoms. The summed E-state index contributed by atoms with van der Waals surface area (Å²) in [5, 5.41) is 31.4. The van der Waals surface area contributed by atoms with E-state index in [9.17, 15) is 23.9 Å². The highest BCUT2D eigenvalue weighted by Crippen LogP contribution is 2.30. The van der Waals surface area contributed by atoms with Gasteiger partial charge in [-0.05, 0) is 53.1 Å². The van der Waals surface area contributed by atoms with Crippen LogP contribution in [0.15, 0.2) is 57.9 Å². The number of allylic oxidation sites excluding steroid dienone is 1. The highest BCUT2D eigenvalue weighted by Gasteiger charge is 2.33. The molecular weight excluding hydrogens is 530 g/mol. The van der Waals surface area contributed by atoms with E-state index in [-0.39, 0.29) is 18.1 Å². The second-order valence-electron chi connectivity index (χ2n) is 9.00. The van der Waals surface area contributed by atoms with Crippen LogP contribution in [0.5, 0.6) is 0 Å². The fourth-order valence-electron chi connectivity index (χ4n) is 4.31. The van der Waals surface area contributed by atoms with Gasteiger partial charge in [0.2, 0.25) is 0 Å². The molecule has 2 aliphatic rings. The molecule has 3 aromatic rings. The molecule has 0 unspecified atom stereocenters. The Morgan fingerprint density at radius 2 is 1.89 bits per heavy atom. The molecule has 2 saturated heterocycles. The summed E-state index contributed by atoms with van der Waals surface area (Å²) < 4.78 is 44.2. The Balaban J connectivity index is 1.30. The quantitative estimate of drug-likeness (QED) is 0.293. The van der Waals surface area contributed by atoms with E-state index in [4.69, 9.17) is 13.3 Å². The number of hydrogen-bond acceptors (Lipinski definition) is 10. The number of benzene rings is 2. The van der Waals surface area contributed by atoms with E-state index >= 15 is 0 Å². The average Bonchev–Trinajstić information content (AvgIpc) is 3.41. The first kappa shape index (κ1) is 26.7. The van der Waals surface area contributed by atoms with Crippen LogP contribution >= 0.6 is 12.0 Å². The lowest BCUT2D eigenvalue weighted by Gasteiger charge is -2.30. The molecule has 0 aliphatic carbocycles. The third-order valence-electron chi connectivity index (χ3n) is 6.46. The number of furan rings is 1. The Bertz CT molecular complexity index is 1480. The van der Waals surface area contributed by atoms with E-state index in [2.05, 4.69) is 27.8 Å². The monoisotopic (exact) mass is 557 g/mol. The van der Waals surface area contributed by atoms with Crippen molar-refractivity contribution >= 4 is 44.6 Å². The van der Waals surface area contributed by atoms with Crippen LogP contribution in [0.3, 0.4) is 0 Å². The molecule has 0 spiro atoms. The largest absolute Gasteiger partial charge is 0.457 e. The minimum Gasteiger partial charge on any atom is -0.457 e. The van der Waals surface area contributed by atoms with Gasteiger partial charge in [0.05, 0.1) is 19.3 Å². The van der Waals surface area contributed by atoms with Crippen LogP contribution in [0.4, 0.5) is 5.69 Å². The standard InChI is InChI=1S/C26H27N3O7S2/c27-14-22(38(32,33)28-15-25-26(31)23(30)16-37-36-25)13-21-5-6-24(35-21)19-2-1-18-12-20(4-3-17(18)11-19)29-7-9-34-10-8-29/h1-6,11-13,23,25-26,28,30-31H,7-10,15-16H2/b22-13+/t23-,25-,26+/m1/s1. The zero-order valence-corrected chi connectivity index (χ0v) is 22.0. The van der Waals surface area contributed by atoms with Crippen molar-refractivity contribution in [2.24, 2.45) is 0 Å². The molecule has 0 saturated carbocycles. The number of fused-ring (bicyclic) bond motifs is 1. The summed E-state index contributed by atoms with van der Waals surface area (Å²) in [5.41, 5.74) is 1.97. The second kappa shape index (κ2) is 11.5. The van der Waals surface area contributed by atoms with Crippen molar-refractivity contribution in [1.29, 1.82) is 5.26 Å². The van der Waals surface area contributed by atoms with Crippen molar-refractivity contribution < 1.29 is 32.0 Å². The first-order valence-corrected chi connectivity index (χ1v) is 14.5. The molecule has 200 valence electrons. The van der Waals surface area contributed by atoms with Gasteiger partial charge in [-0.2, -0.15) is 5.26 Å². The number of nitrogens with zero attached hydrogens (tertiary/aromatic N) is 2. The van der Waals surface area contributed by atoms with Gasteiger partial charge in [0.1, 0.15) is 29.8 Å². The van der Waals surface area contributed by atoms with Gasteiger partial charge in [0.25, 0.3) is 10.0 Å². The van der Waals surface area contributed by atoms with Crippen molar-refractivity contribution in [3.05, 3.63) is 59.2 Å². The summed E-state index contributed by atoms with van der Waals surface area (Å²) in [6, 6.07) is 17.2. The van der Waals surface area contributed by atoms with Crippen LogP contribution in [-0.2, 0) is 18.9 Å². The van der Waals surface area contributed by atoms with Crippen molar-refractivity contribution in [3.8, 4) is 17.4 Å². The summed E-state index contributed by atoms with van der Waals surface area (Å²) in [5.74, 6) is 0.911. The lowest BCUT2D eigenvalue weighted by molar-refractivity contribution is -0.0418. The van der Waals surface area contributed by atoms with Crippen LogP contribution in [0.1, 0.15) is 5.76 Å². The number of nitrogens with one attached hydrogen (secondary N) is 1. The molecule has 3 heterocycles. The van der Waals surface area contributed by atoms with Crippen molar-refractivity contribution in [2.45, 2.75) is 18.3 Å². The molecule has 0 amide bonds. The van der Waals surface area contributed by atoms with Crippen LogP contribution < -0.4 is 9.62 Å². The Morgan fingerprint density at radius 1 is 1.13 bits per heavy atom. The van der Waals surface area contributed by atoms with Gasteiger partial charge in [-0.15, -0.1) is 0 Å². The average molecular weight is 558 g/mol.